The third-order valence-corrected chi connectivity index (χ3v) is 6.08. The first-order chi connectivity index (χ1) is 13.9. The van der Waals surface area contributed by atoms with Crippen LogP contribution in [-0.2, 0) is 14.4 Å². The molecule has 0 aliphatic carbocycles. The summed E-state index contributed by atoms with van der Waals surface area (Å²) < 4.78 is 0.754. The van der Waals surface area contributed by atoms with E-state index in [1.807, 2.05) is 6.92 Å². The molecule has 2 saturated heterocycles. The van der Waals surface area contributed by atoms with Crippen molar-refractivity contribution in [1.29, 1.82) is 0 Å². The van der Waals surface area contributed by atoms with Crippen LogP contribution in [-0.4, -0.2) is 34.5 Å². The number of carbonyl (C=O) groups is 2. The summed E-state index contributed by atoms with van der Waals surface area (Å²) in [5.41, 5.74) is 1.16. The number of phenols is 1. The van der Waals surface area contributed by atoms with E-state index < -0.39 is 18.1 Å². The van der Waals surface area contributed by atoms with Crippen molar-refractivity contribution in [1.82, 2.24) is 4.90 Å². The summed E-state index contributed by atoms with van der Waals surface area (Å²) in [6.07, 6.45) is 0.698. The first-order valence-corrected chi connectivity index (χ1v) is 10.6. The van der Waals surface area contributed by atoms with Gasteiger partial charge < -0.3 is 5.11 Å². The number of halogens is 2. The molecule has 2 aromatic rings. The van der Waals surface area contributed by atoms with Crippen LogP contribution in [0.25, 0.3) is 0 Å². The molecular weight excluding hydrogens is 460 g/mol. The van der Waals surface area contributed by atoms with E-state index >= 15 is 0 Å². The van der Waals surface area contributed by atoms with Gasteiger partial charge >= 0.3 is 0 Å². The van der Waals surface area contributed by atoms with Gasteiger partial charge in [-0.05, 0) is 48.9 Å². The molecule has 3 unspecified atom stereocenters. The monoisotopic (exact) mass is 478 g/mol. The number of rotatable bonds is 5. The quantitative estimate of drug-likeness (QED) is 0.642. The highest BCUT2D eigenvalue weighted by atomic mass is 79.9. The number of aromatic hydroxyl groups is 1. The van der Waals surface area contributed by atoms with Gasteiger partial charge in [-0.25, -0.2) is 5.06 Å². The number of benzene rings is 2. The smallest absolute Gasteiger partial charge is 0.261 e. The van der Waals surface area contributed by atoms with Gasteiger partial charge in [-0.1, -0.05) is 40.9 Å². The lowest BCUT2D eigenvalue weighted by molar-refractivity contribution is -0.143. The molecule has 0 bridgehead atoms. The van der Waals surface area contributed by atoms with Gasteiger partial charge in [0.2, 0.25) is 5.91 Å². The van der Waals surface area contributed by atoms with Gasteiger partial charge in [-0.3, -0.25) is 19.3 Å². The van der Waals surface area contributed by atoms with Crippen LogP contribution in [0.4, 0.5) is 5.69 Å². The number of likely N-dealkylation sites (tertiary alicyclic amines) is 1. The predicted molar refractivity (Wildman–Crippen MR) is 112 cm³/mol. The summed E-state index contributed by atoms with van der Waals surface area (Å²) in [4.78, 5) is 33.4. The van der Waals surface area contributed by atoms with E-state index in [9.17, 15) is 14.7 Å². The van der Waals surface area contributed by atoms with Crippen molar-refractivity contribution in [2.45, 2.75) is 31.9 Å². The van der Waals surface area contributed by atoms with E-state index in [1.165, 1.54) is 4.90 Å². The predicted octanol–water partition coefficient (Wildman–Crippen LogP) is 4.45. The maximum Gasteiger partial charge on any atom is 0.261 e. The van der Waals surface area contributed by atoms with Gasteiger partial charge in [0.25, 0.3) is 5.91 Å². The number of hydrogen-bond donors (Lipinski definition) is 1. The number of amides is 2. The van der Waals surface area contributed by atoms with Crippen molar-refractivity contribution >= 4 is 45.0 Å². The molecule has 2 aliphatic rings. The fraction of sp³-hybridized carbons (Fsp3) is 0.333. The Kier molecular flexibility index (Phi) is 5.55. The number of imide groups is 1. The number of unbranched alkanes of at least 4 members (excludes halogenated alkanes) is 1. The number of carbonyl (C=O) groups excluding carboxylic acids is 2. The largest absolute Gasteiger partial charge is 0.508 e. The summed E-state index contributed by atoms with van der Waals surface area (Å²) in [6, 6.07) is 11.3. The van der Waals surface area contributed by atoms with Crippen LogP contribution in [0.5, 0.6) is 5.75 Å². The summed E-state index contributed by atoms with van der Waals surface area (Å²) in [6.45, 7) is 2.38. The first kappa shape index (κ1) is 20.2. The Morgan fingerprint density at radius 1 is 1.14 bits per heavy atom. The van der Waals surface area contributed by atoms with E-state index in [2.05, 4.69) is 15.9 Å². The van der Waals surface area contributed by atoms with Crippen LogP contribution >= 0.6 is 27.5 Å². The molecule has 0 radical (unpaired) electrons. The van der Waals surface area contributed by atoms with Gasteiger partial charge in [-0.2, -0.15) is 0 Å². The fourth-order valence-corrected chi connectivity index (χ4v) is 4.40. The van der Waals surface area contributed by atoms with Crippen molar-refractivity contribution in [3.8, 4) is 5.75 Å². The maximum atomic E-state index is 13.2. The first-order valence-electron chi connectivity index (χ1n) is 9.47. The SMILES string of the molecule is CCCCN1C(=O)C2ON(c3ccc(Cl)cc3)C(c3cc(Br)ccc3O)C2C1=O. The zero-order chi connectivity index (χ0) is 20.7. The summed E-state index contributed by atoms with van der Waals surface area (Å²) >= 11 is 9.43. The minimum atomic E-state index is -0.918. The number of phenolic OH excluding ortho intramolecular Hbond substituents is 1. The number of anilines is 1. The second-order valence-electron chi connectivity index (χ2n) is 7.18. The third kappa shape index (κ3) is 3.52. The van der Waals surface area contributed by atoms with Crippen molar-refractivity contribution in [3.05, 3.63) is 57.5 Å². The lowest BCUT2D eigenvalue weighted by Gasteiger charge is -2.29. The molecule has 152 valence electrons. The minimum Gasteiger partial charge on any atom is -0.508 e. The van der Waals surface area contributed by atoms with Crippen LogP contribution in [0.1, 0.15) is 31.4 Å². The fourth-order valence-electron chi connectivity index (χ4n) is 3.90. The molecule has 2 heterocycles. The summed E-state index contributed by atoms with van der Waals surface area (Å²) in [5.74, 6) is -1.30. The average Bonchev–Trinajstić information content (AvgIpc) is 3.20. The average molecular weight is 480 g/mol. The molecular formula is C21H20BrClN2O4. The lowest BCUT2D eigenvalue weighted by atomic mass is 9.90. The lowest BCUT2D eigenvalue weighted by Crippen LogP contribution is -2.37. The summed E-state index contributed by atoms with van der Waals surface area (Å²) in [5, 5.41) is 12.7. The molecule has 2 fully saturated rings. The highest BCUT2D eigenvalue weighted by Crippen LogP contribution is 2.49. The topological polar surface area (TPSA) is 70.1 Å². The van der Waals surface area contributed by atoms with Crippen LogP contribution in [0.3, 0.4) is 0 Å². The zero-order valence-electron chi connectivity index (χ0n) is 15.7. The second kappa shape index (κ2) is 7.97. The molecule has 2 amide bonds. The van der Waals surface area contributed by atoms with Gasteiger partial charge in [0.05, 0.1) is 11.7 Å². The molecule has 29 heavy (non-hydrogen) atoms. The van der Waals surface area contributed by atoms with Crippen molar-refractivity contribution in [2.75, 3.05) is 11.6 Å². The van der Waals surface area contributed by atoms with Crippen molar-refractivity contribution in [3.63, 3.8) is 0 Å². The number of hydrogen-bond acceptors (Lipinski definition) is 5. The Labute approximate surface area is 182 Å². The van der Waals surface area contributed by atoms with Crippen LogP contribution in [0.2, 0.25) is 5.02 Å². The Morgan fingerprint density at radius 3 is 2.55 bits per heavy atom. The number of nitrogens with zero attached hydrogens (tertiary/aromatic N) is 2. The van der Waals surface area contributed by atoms with Crippen molar-refractivity contribution in [2.24, 2.45) is 5.92 Å². The molecule has 0 saturated carbocycles. The van der Waals surface area contributed by atoms with Gasteiger partial charge in [-0.15, -0.1) is 0 Å². The van der Waals surface area contributed by atoms with E-state index in [0.717, 1.165) is 17.3 Å². The molecule has 6 nitrogen and oxygen atoms in total. The molecule has 2 aliphatic heterocycles. The highest BCUT2D eigenvalue weighted by Gasteiger charge is 2.60. The van der Waals surface area contributed by atoms with E-state index in [4.69, 9.17) is 16.4 Å². The van der Waals surface area contributed by atoms with Gasteiger partial charge in [0, 0.05) is 21.6 Å². The second-order valence-corrected chi connectivity index (χ2v) is 8.54. The molecule has 2 aromatic carbocycles. The van der Waals surface area contributed by atoms with Crippen LogP contribution in [0.15, 0.2) is 46.9 Å². The number of fused-ring (bicyclic) bond motifs is 1. The third-order valence-electron chi connectivity index (χ3n) is 5.33. The number of hydroxylamine groups is 1. The Bertz CT molecular complexity index is 952. The van der Waals surface area contributed by atoms with Crippen LogP contribution in [0, 0.1) is 5.92 Å². The Balaban J connectivity index is 1.79. The molecule has 3 atom stereocenters. The van der Waals surface area contributed by atoms with Crippen molar-refractivity contribution < 1.29 is 19.5 Å². The maximum absolute atomic E-state index is 13.2. The van der Waals surface area contributed by atoms with Gasteiger partial charge in [0.1, 0.15) is 11.7 Å². The molecule has 1 N–H and O–H groups in total. The van der Waals surface area contributed by atoms with Gasteiger partial charge in [0.15, 0.2) is 6.10 Å². The normalized spacial score (nSPS) is 23.8. The Morgan fingerprint density at radius 2 is 1.86 bits per heavy atom. The molecule has 0 spiro atoms. The zero-order valence-corrected chi connectivity index (χ0v) is 18.1. The van der Waals surface area contributed by atoms with E-state index in [1.54, 1.807) is 47.5 Å². The van der Waals surface area contributed by atoms with Crippen LogP contribution < -0.4 is 5.06 Å². The molecule has 8 heteroatoms. The minimum absolute atomic E-state index is 0.0358. The Hall–Kier alpha value is -2.09. The summed E-state index contributed by atoms with van der Waals surface area (Å²) in [7, 11) is 0. The standard InChI is InChI=1S/C21H20BrClN2O4/c1-2-3-10-24-20(27)17-18(15-11-12(22)4-9-16(15)26)25(29-19(17)21(24)28)14-7-5-13(23)6-8-14/h4-9,11,17-19,26H,2-3,10H2,1H3. The molecule has 0 aromatic heterocycles. The molecule has 4 rings (SSSR count). The van der Waals surface area contributed by atoms with E-state index in [-0.39, 0.29) is 17.6 Å². The van der Waals surface area contributed by atoms with E-state index in [0.29, 0.717) is 22.8 Å². The highest BCUT2D eigenvalue weighted by molar-refractivity contribution is 9.10.